The number of nitrogens with zero attached hydrogens (tertiary/aromatic N) is 2. The van der Waals surface area contributed by atoms with Crippen molar-refractivity contribution < 1.29 is 23.9 Å². The largest absolute Gasteiger partial charge is 0.394 e. The lowest BCUT2D eigenvalue weighted by Crippen LogP contribution is -2.40. The normalized spacial score (nSPS) is 11.0. The third-order valence-electron chi connectivity index (χ3n) is 3.27. The Bertz CT molecular complexity index is 670. The zero-order valence-electron chi connectivity index (χ0n) is 12.6. The van der Waals surface area contributed by atoms with Crippen molar-refractivity contribution in [2.24, 2.45) is 0 Å². The molecule has 1 aromatic heterocycles. The molecule has 23 heavy (non-hydrogen) atoms. The smallest absolute Gasteiger partial charge is 0.227 e. The van der Waals surface area contributed by atoms with Gasteiger partial charge in [-0.2, -0.15) is 4.98 Å². The molecule has 0 spiro atoms. The third-order valence-corrected chi connectivity index (χ3v) is 3.27. The van der Waals surface area contributed by atoms with Gasteiger partial charge in [0.25, 0.3) is 0 Å². The third kappa shape index (κ3) is 4.57. The van der Waals surface area contributed by atoms with Crippen molar-refractivity contribution in [3.8, 4) is 11.4 Å². The first-order valence-electron chi connectivity index (χ1n) is 7.13. The Morgan fingerprint density at radius 3 is 2.78 bits per heavy atom. The number of hydrogen-bond acceptors (Lipinski definition) is 6. The SMILES string of the molecule is Cc1ccc(-c2noc(CCC(=O)NC(CO)CO)n2)cc1F. The van der Waals surface area contributed by atoms with E-state index >= 15 is 0 Å². The van der Waals surface area contributed by atoms with Gasteiger partial charge in [-0.05, 0) is 18.6 Å². The molecule has 0 bridgehead atoms. The molecule has 0 saturated carbocycles. The van der Waals surface area contributed by atoms with Crippen LogP contribution in [0.15, 0.2) is 22.7 Å². The summed E-state index contributed by atoms with van der Waals surface area (Å²) in [4.78, 5) is 15.8. The van der Waals surface area contributed by atoms with Crippen LogP contribution in [0.5, 0.6) is 0 Å². The van der Waals surface area contributed by atoms with Crippen LogP contribution in [0, 0.1) is 12.7 Å². The Kier molecular flexibility index (Phi) is 5.78. The lowest BCUT2D eigenvalue weighted by atomic mass is 10.1. The number of carbonyl (C=O) groups excluding carboxylic acids is 1. The number of benzene rings is 1. The molecule has 0 aliphatic carbocycles. The molecule has 0 atom stereocenters. The molecule has 3 N–H and O–H groups in total. The predicted molar refractivity (Wildman–Crippen MR) is 78.9 cm³/mol. The Morgan fingerprint density at radius 1 is 1.39 bits per heavy atom. The van der Waals surface area contributed by atoms with Crippen molar-refractivity contribution in [3.05, 3.63) is 35.5 Å². The minimum Gasteiger partial charge on any atom is -0.394 e. The van der Waals surface area contributed by atoms with Gasteiger partial charge in [0.1, 0.15) is 5.82 Å². The number of halogens is 1. The second kappa shape index (κ2) is 7.80. The van der Waals surface area contributed by atoms with Crippen LogP contribution in [0.3, 0.4) is 0 Å². The quantitative estimate of drug-likeness (QED) is 0.688. The Morgan fingerprint density at radius 2 is 2.13 bits per heavy atom. The fourth-order valence-electron chi connectivity index (χ4n) is 1.87. The van der Waals surface area contributed by atoms with Crippen LogP contribution in [-0.4, -0.2) is 45.5 Å². The van der Waals surface area contributed by atoms with Gasteiger partial charge in [0.05, 0.1) is 19.3 Å². The topological polar surface area (TPSA) is 108 Å². The Balaban J connectivity index is 1.94. The first-order chi connectivity index (χ1) is 11.0. The number of carbonyl (C=O) groups is 1. The van der Waals surface area contributed by atoms with E-state index in [2.05, 4.69) is 15.5 Å². The van der Waals surface area contributed by atoms with Gasteiger partial charge in [0.2, 0.25) is 17.6 Å². The number of nitrogens with one attached hydrogen (secondary N) is 1. The van der Waals surface area contributed by atoms with Gasteiger partial charge in [0.15, 0.2) is 0 Å². The standard InChI is InChI=1S/C15H18FN3O4/c1-9-2-3-10(6-12(9)16)15-18-14(23-19-15)5-4-13(22)17-11(7-20)8-21/h2-3,6,11,20-21H,4-5,7-8H2,1H3,(H,17,22). The van der Waals surface area contributed by atoms with Crippen molar-refractivity contribution in [1.82, 2.24) is 15.5 Å². The number of amides is 1. The number of aromatic nitrogens is 2. The number of aliphatic hydroxyl groups is 2. The molecule has 0 aliphatic rings. The lowest BCUT2D eigenvalue weighted by molar-refractivity contribution is -0.122. The molecule has 1 heterocycles. The van der Waals surface area contributed by atoms with Crippen LogP contribution < -0.4 is 5.32 Å². The van der Waals surface area contributed by atoms with E-state index in [1.807, 2.05) is 0 Å². The molecule has 124 valence electrons. The Hall–Kier alpha value is -2.32. The molecule has 7 nitrogen and oxygen atoms in total. The van der Waals surface area contributed by atoms with E-state index in [4.69, 9.17) is 14.7 Å². The highest BCUT2D eigenvalue weighted by atomic mass is 19.1. The highest BCUT2D eigenvalue weighted by molar-refractivity contribution is 5.76. The molecule has 1 amide bonds. The first kappa shape index (κ1) is 17.0. The second-order valence-corrected chi connectivity index (χ2v) is 5.11. The predicted octanol–water partition coefficient (Wildman–Crippen LogP) is 0.586. The second-order valence-electron chi connectivity index (χ2n) is 5.11. The van der Waals surface area contributed by atoms with Gasteiger partial charge < -0.3 is 20.1 Å². The van der Waals surface area contributed by atoms with Crippen LogP contribution in [0.25, 0.3) is 11.4 Å². The van der Waals surface area contributed by atoms with Gasteiger partial charge in [-0.1, -0.05) is 17.3 Å². The highest BCUT2D eigenvalue weighted by Crippen LogP contribution is 2.19. The maximum atomic E-state index is 13.5. The number of aryl methyl sites for hydroxylation is 2. The summed E-state index contributed by atoms with van der Waals surface area (Å²) in [6.07, 6.45) is 0.275. The van der Waals surface area contributed by atoms with E-state index < -0.39 is 6.04 Å². The van der Waals surface area contributed by atoms with Gasteiger partial charge in [-0.15, -0.1) is 0 Å². The molecule has 2 aromatic rings. The molecule has 0 unspecified atom stereocenters. The van der Waals surface area contributed by atoms with E-state index in [9.17, 15) is 9.18 Å². The molecular formula is C15H18FN3O4. The summed E-state index contributed by atoms with van der Waals surface area (Å²) in [5.41, 5.74) is 1.02. The minimum absolute atomic E-state index is 0.0698. The summed E-state index contributed by atoms with van der Waals surface area (Å²) >= 11 is 0. The number of aliphatic hydroxyl groups excluding tert-OH is 2. The molecule has 0 radical (unpaired) electrons. The number of rotatable bonds is 7. The average Bonchev–Trinajstić information content (AvgIpc) is 3.02. The monoisotopic (exact) mass is 323 g/mol. The van der Waals surface area contributed by atoms with Gasteiger partial charge in [-0.3, -0.25) is 4.79 Å². The van der Waals surface area contributed by atoms with E-state index in [0.29, 0.717) is 11.1 Å². The fourth-order valence-corrected chi connectivity index (χ4v) is 1.87. The first-order valence-corrected chi connectivity index (χ1v) is 7.13. The van der Waals surface area contributed by atoms with Crippen LogP contribution in [-0.2, 0) is 11.2 Å². The van der Waals surface area contributed by atoms with Gasteiger partial charge in [0, 0.05) is 18.4 Å². The molecule has 0 aliphatic heterocycles. The maximum absolute atomic E-state index is 13.5. The van der Waals surface area contributed by atoms with E-state index in [1.165, 1.54) is 6.07 Å². The Labute approximate surface area is 132 Å². The molecular weight excluding hydrogens is 305 g/mol. The van der Waals surface area contributed by atoms with Gasteiger partial charge >= 0.3 is 0 Å². The summed E-state index contributed by atoms with van der Waals surface area (Å²) < 4.78 is 18.6. The van der Waals surface area contributed by atoms with Crippen LogP contribution in [0.2, 0.25) is 0 Å². The summed E-state index contributed by atoms with van der Waals surface area (Å²) in [6, 6.07) is 3.95. The van der Waals surface area contributed by atoms with Crippen molar-refractivity contribution >= 4 is 5.91 Å². The van der Waals surface area contributed by atoms with Crippen molar-refractivity contribution in [3.63, 3.8) is 0 Å². The van der Waals surface area contributed by atoms with Gasteiger partial charge in [-0.25, -0.2) is 4.39 Å². The maximum Gasteiger partial charge on any atom is 0.227 e. The fraction of sp³-hybridized carbons (Fsp3) is 0.400. The number of hydrogen-bond donors (Lipinski definition) is 3. The molecule has 2 rings (SSSR count). The van der Waals surface area contributed by atoms with Crippen molar-refractivity contribution in [1.29, 1.82) is 0 Å². The molecule has 0 fully saturated rings. The molecule has 1 aromatic carbocycles. The van der Waals surface area contributed by atoms with Crippen LogP contribution >= 0.6 is 0 Å². The van der Waals surface area contributed by atoms with Crippen LogP contribution in [0.1, 0.15) is 17.9 Å². The summed E-state index contributed by atoms with van der Waals surface area (Å²) in [5.74, 6) is -0.199. The highest BCUT2D eigenvalue weighted by Gasteiger charge is 2.14. The summed E-state index contributed by atoms with van der Waals surface area (Å²) in [6.45, 7) is 0.975. The van der Waals surface area contributed by atoms with Crippen molar-refractivity contribution in [2.45, 2.75) is 25.8 Å². The summed E-state index contributed by atoms with van der Waals surface area (Å²) in [5, 5.41) is 24.0. The zero-order chi connectivity index (χ0) is 16.8. The molecule has 8 heteroatoms. The van der Waals surface area contributed by atoms with E-state index in [1.54, 1.807) is 19.1 Å². The van der Waals surface area contributed by atoms with E-state index in [0.717, 1.165) is 0 Å². The summed E-state index contributed by atoms with van der Waals surface area (Å²) in [7, 11) is 0. The average molecular weight is 323 g/mol. The lowest BCUT2D eigenvalue weighted by Gasteiger charge is -2.12. The van der Waals surface area contributed by atoms with Crippen LogP contribution in [0.4, 0.5) is 4.39 Å². The van der Waals surface area contributed by atoms with Crippen molar-refractivity contribution in [2.75, 3.05) is 13.2 Å². The minimum atomic E-state index is -0.684. The van der Waals surface area contributed by atoms with E-state index in [-0.39, 0.29) is 49.5 Å². The molecule has 0 saturated heterocycles. The zero-order valence-corrected chi connectivity index (χ0v) is 12.6.